The van der Waals surface area contributed by atoms with Crippen LogP contribution in [0.15, 0.2) is 82.9 Å². The third-order valence-corrected chi connectivity index (χ3v) is 4.61. The predicted octanol–water partition coefficient (Wildman–Crippen LogP) is 5.51. The fourth-order valence-corrected chi connectivity index (χ4v) is 2.94. The second-order valence-electron chi connectivity index (χ2n) is 6.42. The third-order valence-electron chi connectivity index (χ3n) is 4.24. The number of aliphatic imine (C=N–C) groups is 2. The molecule has 6 nitrogen and oxygen atoms in total. The van der Waals surface area contributed by atoms with Gasteiger partial charge in [-0.1, -0.05) is 68.8 Å². The molecule has 5 N–H and O–H groups in total. The second kappa shape index (κ2) is 16.4. The van der Waals surface area contributed by atoms with Crippen molar-refractivity contribution >= 4 is 29.0 Å². The van der Waals surface area contributed by atoms with E-state index in [1.54, 1.807) is 6.20 Å². The van der Waals surface area contributed by atoms with Gasteiger partial charge < -0.3 is 16.8 Å². The van der Waals surface area contributed by atoms with Crippen LogP contribution in [-0.2, 0) is 6.54 Å². The highest BCUT2D eigenvalue weighted by Crippen LogP contribution is 2.20. The van der Waals surface area contributed by atoms with E-state index in [-0.39, 0.29) is 0 Å². The number of para-hydroxylation sites is 1. The number of nitrogens with zero attached hydrogens (tertiary/aromatic N) is 3. The number of rotatable bonds is 7. The number of benzene rings is 2. The summed E-state index contributed by atoms with van der Waals surface area (Å²) in [5.74, 6) is 0.848. The first-order valence-electron chi connectivity index (χ1n) is 11.1. The molecule has 0 aliphatic carbocycles. The molecule has 0 bridgehead atoms. The summed E-state index contributed by atoms with van der Waals surface area (Å²) in [6.45, 7) is 7.38. The van der Waals surface area contributed by atoms with Crippen molar-refractivity contribution in [2.45, 2.75) is 33.7 Å². The molecule has 33 heavy (non-hydrogen) atoms. The molecule has 3 rings (SSSR count). The first-order valence-corrected chi connectivity index (χ1v) is 11.5. The summed E-state index contributed by atoms with van der Waals surface area (Å²) in [7, 11) is 1.50. The fourth-order valence-electron chi connectivity index (χ4n) is 2.75. The maximum absolute atomic E-state index is 6.30. The minimum absolute atomic E-state index is 0.314. The number of halogens is 1. The molecule has 0 saturated heterocycles. The van der Waals surface area contributed by atoms with E-state index < -0.39 is 0 Å². The highest BCUT2D eigenvalue weighted by atomic mass is 35.5. The number of aromatic nitrogens is 1. The van der Waals surface area contributed by atoms with Crippen LogP contribution in [0.2, 0.25) is 5.02 Å². The van der Waals surface area contributed by atoms with Crippen molar-refractivity contribution < 1.29 is 0 Å². The normalized spacial score (nSPS) is 11.0. The first kappa shape index (κ1) is 27.8. The second-order valence-corrected chi connectivity index (χ2v) is 6.82. The maximum Gasteiger partial charge on any atom is 0.159 e. The van der Waals surface area contributed by atoms with Crippen LogP contribution < -0.4 is 16.8 Å². The van der Waals surface area contributed by atoms with Crippen LogP contribution in [0.3, 0.4) is 0 Å². The van der Waals surface area contributed by atoms with Gasteiger partial charge >= 0.3 is 0 Å². The SMILES string of the molecule is CC.CCCNc1ccccc1C(N=C(N)c1ccccn1)=NCc1ccccc1Cl.CN. The molecule has 0 radical (unpaired) electrons. The summed E-state index contributed by atoms with van der Waals surface area (Å²) in [5, 5.41) is 4.11. The Morgan fingerprint density at radius 2 is 1.64 bits per heavy atom. The average Bonchev–Trinajstić information content (AvgIpc) is 2.89. The number of hydrogen-bond acceptors (Lipinski definition) is 4. The molecule has 0 unspecified atom stereocenters. The van der Waals surface area contributed by atoms with Crippen LogP contribution in [0.25, 0.3) is 0 Å². The molecule has 0 aliphatic rings. The molecular weight excluding hydrogens is 432 g/mol. The van der Waals surface area contributed by atoms with Gasteiger partial charge in [0.2, 0.25) is 0 Å². The van der Waals surface area contributed by atoms with Gasteiger partial charge in [-0.2, -0.15) is 0 Å². The van der Waals surface area contributed by atoms with E-state index in [4.69, 9.17) is 22.3 Å². The molecule has 0 atom stereocenters. The topological polar surface area (TPSA) is 102 Å². The lowest BCUT2D eigenvalue weighted by atomic mass is 10.1. The minimum Gasteiger partial charge on any atom is -0.384 e. The Morgan fingerprint density at radius 1 is 0.970 bits per heavy atom. The molecule has 1 heterocycles. The minimum atomic E-state index is 0.314. The lowest BCUT2D eigenvalue weighted by Gasteiger charge is -2.12. The molecule has 0 fully saturated rings. The van der Waals surface area contributed by atoms with E-state index in [2.05, 4.69) is 28.0 Å². The van der Waals surface area contributed by atoms with E-state index in [1.807, 2.05) is 80.6 Å². The lowest BCUT2D eigenvalue weighted by Crippen LogP contribution is -2.18. The van der Waals surface area contributed by atoms with E-state index in [1.165, 1.54) is 7.05 Å². The average molecular weight is 467 g/mol. The predicted molar refractivity (Wildman–Crippen MR) is 143 cm³/mol. The van der Waals surface area contributed by atoms with Gasteiger partial charge in [0.05, 0.1) is 6.54 Å². The Morgan fingerprint density at radius 3 is 2.30 bits per heavy atom. The van der Waals surface area contributed by atoms with Crippen LogP contribution in [-0.4, -0.2) is 30.2 Å². The molecule has 2 aromatic carbocycles. The molecular formula is C26H35ClN6. The summed E-state index contributed by atoms with van der Waals surface area (Å²) in [4.78, 5) is 13.7. The third kappa shape index (κ3) is 9.04. The van der Waals surface area contributed by atoms with Crippen molar-refractivity contribution in [3.63, 3.8) is 0 Å². The molecule has 0 saturated carbocycles. The first-order chi connectivity index (χ1) is 16.2. The maximum atomic E-state index is 6.30. The quantitative estimate of drug-likeness (QED) is 0.315. The Labute approximate surface area is 202 Å². The summed E-state index contributed by atoms with van der Waals surface area (Å²) < 4.78 is 0. The number of hydrogen-bond donors (Lipinski definition) is 3. The number of anilines is 1. The lowest BCUT2D eigenvalue weighted by molar-refractivity contribution is 0.978. The van der Waals surface area contributed by atoms with Gasteiger partial charge in [-0.3, -0.25) is 9.98 Å². The molecule has 3 aromatic rings. The molecule has 7 heteroatoms. The number of amidine groups is 2. The van der Waals surface area contributed by atoms with Gasteiger partial charge in [0.1, 0.15) is 5.69 Å². The van der Waals surface area contributed by atoms with Crippen molar-refractivity contribution in [1.82, 2.24) is 4.98 Å². The van der Waals surface area contributed by atoms with Gasteiger partial charge in [0.25, 0.3) is 0 Å². The number of nitrogens with two attached hydrogens (primary N) is 2. The molecule has 176 valence electrons. The highest BCUT2D eigenvalue weighted by Gasteiger charge is 2.11. The van der Waals surface area contributed by atoms with Crippen LogP contribution in [0.5, 0.6) is 0 Å². The summed E-state index contributed by atoms with van der Waals surface area (Å²) in [5.41, 5.74) is 14.1. The number of pyridine rings is 1. The summed E-state index contributed by atoms with van der Waals surface area (Å²) in [6.07, 6.45) is 2.70. The Balaban J connectivity index is 0.00000129. The van der Waals surface area contributed by atoms with Crippen molar-refractivity contribution in [2.24, 2.45) is 21.5 Å². The largest absolute Gasteiger partial charge is 0.384 e. The molecule has 0 spiro atoms. The van der Waals surface area contributed by atoms with Crippen molar-refractivity contribution in [3.05, 3.63) is 94.8 Å². The van der Waals surface area contributed by atoms with Crippen molar-refractivity contribution in [2.75, 3.05) is 18.9 Å². The van der Waals surface area contributed by atoms with Crippen LogP contribution >= 0.6 is 11.6 Å². The monoisotopic (exact) mass is 466 g/mol. The Kier molecular flexibility index (Phi) is 13.8. The Bertz CT molecular complexity index is 1000. The summed E-state index contributed by atoms with van der Waals surface area (Å²) in [6, 6.07) is 21.1. The fraction of sp³-hybridized carbons (Fsp3) is 0.269. The molecule has 1 aromatic heterocycles. The van der Waals surface area contributed by atoms with Crippen LogP contribution in [0.1, 0.15) is 44.0 Å². The molecule has 0 amide bonds. The van der Waals surface area contributed by atoms with Gasteiger partial charge in [-0.15, -0.1) is 0 Å². The van der Waals surface area contributed by atoms with E-state index >= 15 is 0 Å². The zero-order valence-corrected chi connectivity index (χ0v) is 20.7. The van der Waals surface area contributed by atoms with E-state index in [0.717, 1.165) is 29.8 Å². The van der Waals surface area contributed by atoms with Crippen LogP contribution in [0, 0.1) is 0 Å². The standard InChI is InChI=1S/C23H24ClN5.C2H6.CH5N/c1-2-14-26-20-12-6-4-10-18(20)23(28-16-17-9-3-5-11-19(17)24)29-22(25)21-13-7-8-15-27-21;2*1-2/h3-13,15,26H,2,14,16H2,1H3,(H2,25,28,29);1-2H3;2H2,1H3. The van der Waals surface area contributed by atoms with Gasteiger partial charge in [0, 0.05) is 29.0 Å². The number of nitrogens with one attached hydrogen (secondary N) is 1. The zero-order valence-electron chi connectivity index (χ0n) is 19.9. The smallest absolute Gasteiger partial charge is 0.159 e. The zero-order chi connectivity index (χ0) is 24.5. The van der Waals surface area contributed by atoms with E-state index in [0.29, 0.717) is 28.9 Å². The van der Waals surface area contributed by atoms with Gasteiger partial charge in [-0.25, -0.2) is 4.99 Å². The Hall–Kier alpha value is -3.22. The highest BCUT2D eigenvalue weighted by molar-refractivity contribution is 6.31. The molecule has 0 aliphatic heterocycles. The van der Waals surface area contributed by atoms with Gasteiger partial charge in [-0.05, 0) is 49.4 Å². The van der Waals surface area contributed by atoms with Crippen LogP contribution in [0.4, 0.5) is 5.69 Å². The summed E-state index contributed by atoms with van der Waals surface area (Å²) >= 11 is 6.30. The van der Waals surface area contributed by atoms with Gasteiger partial charge in [0.15, 0.2) is 11.7 Å². The van der Waals surface area contributed by atoms with E-state index in [9.17, 15) is 0 Å². The van der Waals surface area contributed by atoms with Crippen molar-refractivity contribution in [1.29, 1.82) is 0 Å². The van der Waals surface area contributed by atoms with Crippen molar-refractivity contribution in [3.8, 4) is 0 Å².